The minimum Gasteiger partial charge on any atom is -0.497 e. The molecule has 12 aliphatic carbocycles. The van der Waals surface area contributed by atoms with Crippen molar-refractivity contribution in [2.45, 2.75) is 300 Å². The molecule has 648 valence electrons. The van der Waals surface area contributed by atoms with Crippen molar-refractivity contribution < 1.29 is 75.0 Å². The predicted molar refractivity (Wildman–Crippen MR) is 488 cm³/mol. The summed E-state index contributed by atoms with van der Waals surface area (Å²) in [6.07, 6.45) is 23.8. The second-order valence-electron chi connectivity index (χ2n) is 38.3. The molecule has 12 nitrogen and oxygen atoms in total. The molecule has 6 heterocycles. The van der Waals surface area contributed by atoms with Gasteiger partial charge in [0.05, 0.1) is 67.3 Å². The number of rotatable bonds is 6. The standard InChI is InChI=1S/6C18H25NO/c6*1-19-10-9-18-8-4-3-5-15(18)17(19)11-13-6-7-14(20-2)12-16(13)18/h6*6-7,12,15,17H,3-5,8-11H2,1-2H3/t6*15?,17-,18-/m000000/s1/i2*6D,7D,11D2,12D,17D;2*1D3,6D,7D,12D,17D;2*6D,7D,12D,17D. The molecule has 18 atom stereocenters. The highest BCUT2D eigenvalue weighted by Gasteiger charge is 2.60. The van der Waals surface area contributed by atoms with Crippen LogP contribution in [0.2, 0.25) is 0 Å². The minimum atomic E-state index is -2.37. The SMILES string of the molecule is [2H]c1c([2H])c(OC)c([2H])c2c1C[C@@]1([2H])C3CCCC[C@@]23CCN1C.[2H]c1c([2H])c(OC)c([2H])c2c1C[C@@]1([2H])C3CCCC[C@@]23CCN1C.[2H]c1c([2H])c(OC)c([2H])c2c1C[C@@]1([2H])C3CCCC[C@@]23CCN1C([2H])([2H])[2H].[2H]c1c([2H])c(OC)c([2H])c2c1C[C@@]1([2H])C3CCCC[C@@]23CCN1C([2H])([2H])[2H].[2H]c1c([2H])c2c(c([2H])c1OC)[C@]13CCCCC1[C@@]([2H])(N(C)CC3)C2([2H])[2H].[2H]c1c([2H])c2c(c([2H])c1OC)[C@]13CCCCC1[C@@]([2H])(N(C)CC3)C2([2H])[2H]. The topological polar surface area (TPSA) is 74.8 Å². The Morgan fingerprint density at radius 2 is 0.458 bits per heavy atom. The Morgan fingerprint density at radius 1 is 0.267 bits per heavy atom. The van der Waals surface area contributed by atoms with E-state index in [1.54, 1.807) is 23.9 Å². The molecule has 6 saturated heterocycles. The molecule has 0 aromatic heterocycles. The molecule has 6 aromatic carbocycles. The van der Waals surface area contributed by atoms with Crippen LogP contribution in [0.1, 0.15) is 306 Å². The molecule has 0 amide bonds. The average Bonchev–Trinajstić information content (AvgIpc) is 0.661. The maximum absolute atomic E-state index is 9.28. The van der Waals surface area contributed by atoms with Crippen molar-refractivity contribution in [2.75, 3.05) is 124 Å². The number of nitrogens with zero attached hydrogens (tertiary/aromatic N) is 6. The van der Waals surface area contributed by atoms with Crippen LogP contribution >= 0.6 is 0 Å². The van der Waals surface area contributed by atoms with Crippen LogP contribution in [0.3, 0.4) is 0 Å². The van der Waals surface area contributed by atoms with E-state index in [2.05, 4.69) is 9.80 Å². The molecule has 12 fully saturated rings. The van der Waals surface area contributed by atoms with E-state index in [0.717, 1.165) is 226 Å². The molecule has 12 heteroatoms. The number of methoxy groups -OCH3 is 6. The van der Waals surface area contributed by atoms with Crippen LogP contribution < -0.4 is 28.4 Å². The van der Waals surface area contributed by atoms with Gasteiger partial charge in [0.1, 0.15) is 34.5 Å². The lowest BCUT2D eigenvalue weighted by molar-refractivity contribution is 0.00272. The van der Waals surface area contributed by atoms with Gasteiger partial charge in [-0.2, -0.15) is 0 Å². The minimum absolute atomic E-state index is 0.00349. The van der Waals surface area contributed by atoms with Gasteiger partial charge in [0.15, 0.2) is 0 Å². The molecular weight excluding hydrogens is 1480 g/mol. The summed E-state index contributed by atoms with van der Waals surface area (Å²) in [4.78, 5) is 10.5. The zero-order valence-electron chi connectivity index (χ0n) is 107. The Morgan fingerprint density at radius 3 is 0.683 bits per heavy atom. The fourth-order valence-corrected chi connectivity index (χ4v) is 27.4. The third kappa shape index (κ3) is 14.1. The van der Waals surface area contributed by atoms with Gasteiger partial charge in [0, 0.05) is 90.5 Å². The van der Waals surface area contributed by atoms with E-state index in [9.17, 15) is 8.22 Å². The first-order valence-electron chi connectivity index (χ1n) is 62.6. The lowest BCUT2D eigenvalue weighted by Crippen LogP contribution is -2.59. The first kappa shape index (κ1) is 52.7. The van der Waals surface area contributed by atoms with Crippen molar-refractivity contribution in [3.63, 3.8) is 0 Å². The van der Waals surface area contributed by atoms with Gasteiger partial charge >= 0.3 is 0 Å². The van der Waals surface area contributed by atoms with Gasteiger partial charge in [0.2, 0.25) is 0 Å². The van der Waals surface area contributed by atoms with Crippen LogP contribution in [0, 0.1) is 35.5 Å². The molecule has 6 unspecified atom stereocenters. The van der Waals surface area contributed by atoms with Gasteiger partial charge in [-0.3, -0.25) is 0 Å². The van der Waals surface area contributed by atoms with Crippen molar-refractivity contribution in [1.29, 1.82) is 0 Å². The summed E-state index contributed by atoms with van der Waals surface area (Å²) in [5, 5.41) is 0. The normalized spacial score (nSPS) is 44.9. The molecule has 24 rings (SSSR count). The average molecular weight is 1660 g/mol. The number of hydrogen-bond donors (Lipinski definition) is 0. The number of likely N-dealkylation sites (tertiary alicyclic amines) is 6. The molecule has 0 radical (unpaired) electrons. The quantitative estimate of drug-likeness (QED) is 0.159. The van der Waals surface area contributed by atoms with Crippen LogP contribution in [0.4, 0.5) is 0 Å². The van der Waals surface area contributed by atoms with Gasteiger partial charge in [-0.25, -0.2) is 0 Å². The lowest BCUT2D eigenvalue weighted by Gasteiger charge is -2.58. The van der Waals surface area contributed by atoms with Crippen molar-refractivity contribution in [3.05, 3.63) is 176 Å². The summed E-state index contributed by atoms with van der Waals surface area (Å²) in [5.41, 5.74) is 4.87. The van der Waals surface area contributed by atoms with E-state index in [1.807, 2.05) is 14.1 Å². The first-order valence-corrected chi connectivity index (χ1v) is 45.6. The van der Waals surface area contributed by atoms with Crippen LogP contribution in [0.25, 0.3) is 0 Å². The first-order chi connectivity index (χ1) is 72.2. The summed E-state index contributed by atoms with van der Waals surface area (Å²) < 4.78 is 323. The molecule has 120 heavy (non-hydrogen) atoms. The smallest absolute Gasteiger partial charge is 0.119 e. The van der Waals surface area contributed by atoms with Crippen LogP contribution in [-0.4, -0.2) is 190 Å². The van der Waals surface area contributed by atoms with Crippen molar-refractivity contribution in [1.82, 2.24) is 29.4 Å². The number of piperidine rings is 6. The maximum Gasteiger partial charge on any atom is 0.119 e. The van der Waals surface area contributed by atoms with E-state index in [4.69, 9.17) is 66.8 Å². The molecule has 0 N–H and O–H groups in total. The number of likely N-dealkylation sites (N-methyl/N-ethyl adjacent to an activating group) is 6. The zero-order chi connectivity index (χ0) is 112. The fourth-order valence-electron chi connectivity index (χ4n) is 27.4. The molecule has 6 aliphatic heterocycles. The summed E-state index contributed by atoms with van der Waals surface area (Å²) in [7, 11) is 16.2. The predicted octanol–water partition coefficient (Wildman–Crippen LogP) is 20.3. The van der Waals surface area contributed by atoms with Crippen molar-refractivity contribution in [3.8, 4) is 34.5 Å². The van der Waals surface area contributed by atoms with E-state index in [0.29, 0.717) is 73.1 Å². The maximum atomic E-state index is 9.28. The Kier molecular flexibility index (Phi) is 14.9. The summed E-state index contributed by atoms with van der Waals surface area (Å²) >= 11 is 0. The second-order valence-corrected chi connectivity index (χ2v) is 38.3. The molecule has 6 saturated carbocycles. The van der Waals surface area contributed by atoms with E-state index >= 15 is 0 Å². The van der Waals surface area contributed by atoms with Gasteiger partial charge in [-0.15, -0.1) is 0 Å². The molecule has 12 bridgehead atoms. The van der Waals surface area contributed by atoms with Gasteiger partial charge in [-0.1, -0.05) is 113 Å². The van der Waals surface area contributed by atoms with Crippen molar-refractivity contribution in [2.24, 2.45) is 35.5 Å². The van der Waals surface area contributed by atoms with E-state index in [-0.39, 0.29) is 215 Å². The summed E-state index contributed by atoms with van der Waals surface area (Å²) in [6, 6.07) is -7.04. The van der Waals surface area contributed by atoms with Crippen LogP contribution in [0.15, 0.2) is 109 Å². The number of fused-ring (bicyclic) bond motifs is 6. The highest BCUT2D eigenvalue weighted by Crippen LogP contribution is 2.63. The third-order valence-corrected chi connectivity index (χ3v) is 33.3. The van der Waals surface area contributed by atoms with Gasteiger partial charge < -0.3 is 57.8 Å². The highest BCUT2D eigenvalue weighted by molar-refractivity contribution is 5.52. The molecule has 18 aliphatic rings. The fraction of sp³-hybridized carbons (Fsp3) is 0.667. The van der Waals surface area contributed by atoms with Crippen LogP contribution in [0.5, 0.6) is 34.5 Å². The molecular formula is C108H150N6O6. The highest BCUT2D eigenvalue weighted by atomic mass is 16.5. The van der Waals surface area contributed by atoms with Crippen LogP contribution in [-0.2, 0) is 70.9 Å². The largest absolute Gasteiger partial charge is 0.497 e. The molecule has 6 aromatic rings. The van der Waals surface area contributed by atoms with Gasteiger partial charge in [0.25, 0.3) is 0 Å². The number of benzene rings is 6. The second kappa shape index (κ2) is 34.0. The Bertz CT molecular complexity index is 6160. The summed E-state index contributed by atoms with van der Waals surface area (Å²) in [5.74, 6) is 0.382. The summed E-state index contributed by atoms with van der Waals surface area (Å²) in [6.45, 7) is -1.26. The zero-order valence-corrected chi connectivity index (χ0v) is 72.9. The monoisotopic (exact) mass is 1660 g/mol. The number of hydrogen-bond acceptors (Lipinski definition) is 12. The van der Waals surface area contributed by atoms with Gasteiger partial charge in [-0.05, 0) is 410 Å². The lowest BCUT2D eigenvalue weighted by atomic mass is 9.52. The Hall–Kier alpha value is -6.12. The van der Waals surface area contributed by atoms with E-state index < -0.39 is 84.5 Å². The Balaban J connectivity index is 0.000000115. The Labute approximate surface area is 771 Å². The third-order valence-electron chi connectivity index (χ3n) is 33.3. The molecule has 0 spiro atoms. The number of ether oxygens (including phenoxy) is 6. The van der Waals surface area contributed by atoms with Crippen molar-refractivity contribution >= 4 is 0 Å². The van der Waals surface area contributed by atoms with E-state index in [1.165, 1.54) is 52.5 Å².